The van der Waals surface area contributed by atoms with Crippen LogP contribution in [0.25, 0.3) is 0 Å². The van der Waals surface area contributed by atoms with E-state index in [1.54, 1.807) is 0 Å². The van der Waals surface area contributed by atoms with Gasteiger partial charge in [0.05, 0.1) is 6.10 Å². The second-order valence-electron chi connectivity index (χ2n) is 4.41. The SMILES string of the molecule is CCNc1cc(N2CCC(O)CC2)nc(C)n1. The van der Waals surface area contributed by atoms with E-state index in [-0.39, 0.29) is 6.10 Å². The Hall–Kier alpha value is -1.36. The number of anilines is 2. The Morgan fingerprint density at radius 2 is 2.12 bits per heavy atom. The van der Waals surface area contributed by atoms with Gasteiger partial charge in [0.15, 0.2) is 0 Å². The minimum Gasteiger partial charge on any atom is -0.393 e. The molecule has 0 unspecified atom stereocenters. The highest BCUT2D eigenvalue weighted by molar-refractivity contribution is 5.49. The standard InChI is InChI=1S/C12H20N4O/c1-3-13-11-8-12(15-9(2)14-11)16-6-4-10(17)5-7-16/h8,10,17H,3-7H2,1-2H3,(H,13,14,15). The second-order valence-corrected chi connectivity index (χ2v) is 4.41. The molecule has 2 rings (SSSR count). The van der Waals surface area contributed by atoms with Crippen LogP contribution >= 0.6 is 0 Å². The van der Waals surface area contributed by atoms with E-state index in [2.05, 4.69) is 20.2 Å². The lowest BCUT2D eigenvalue weighted by atomic mass is 10.1. The summed E-state index contributed by atoms with van der Waals surface area (Å²) in [6, 6.07) is 1.98. The van der Waals surface area contributed by atoms with Crippen molar-refractivity contribution in [3.63, 3.8) is 0 Å². The first kappa shape index (κ1) is 12.1. The van der Waals surface area contributed by atoms with Gasteiger partial charge in [-0.3, -0.25) is 0 Å². The van der Waals surface area contributed by atoms with Crippen LogP contribution in [-0.2, 0) is 0 Å². The van der Waals surface area contributed by atoms with E-state index in [4.69, 9.17) is 0 Å². The maximum absolute atomic E-state index is 9.50. The van der Waals surface area contributed by atoms with Crippen molar-refractivity contribution in [2.45, 2.75) is 32.8 Å². The molecule has 1 aromatic rings. The zero-order chi connectivity index (χ0) is 12.3. The van der Waals surface area contributed by atoms with Gasteiger partial charge in [-0.15, -0.1) is 0 Å². The van der Waals surface area contributed by atoms with Crippen molar-refractivity contribution in [1.82, 2.24) is 9.97 Å². The number of rotatable bonds is 3. The van der Waals surface area contributed by atoms with E-state index < -0.39 is 0 Å². The highest BCUT2D eigenvalue weighted by Gasteiger charge is 2.18. The average molecular weight is 236 g/mol. The van der Waals surface area contributed by atoms with Gasteiger partial charge in [0.25, 0.3) is 0 Å². The van der Waals surface area contributed by atoms with E-state index in [1.165, 1.54) is 0 Å². The molecule has 5 nitrogen and oxygen atoms in total. The topological polar surface area (TPSA) is 61.3 Å². The summed E-state index contributed by atoms with van der Waals surface area (Å²) >= 11 is 0. The quantitative estimate of drug-likeness (QED) is 0.825. The number of aliphatic hydroxyl groups is 1. The number of nitrogens with zero attached hydrogens (tertiary/aromatic N) is 3. The summed E-state index contributed by atoms with van der Waals surface area (Å²) in [5.74, 6) is 2.62. The molecule has 0 aromatic carbocycles. The van der Waals surface area contributed by atoms with Gasteiger partial charge in [0.2, 0.25) is 0 Å². The molecule has 0 radical (unpaired) electrons. The molecule has 1 aliphatic heterocycles. The smallest absolute Gasteiger partial charge is 0.134 e. The molecule has 2 heterocycles. The average Bonchev–Trinajstić information content (AvgIpc) is 2.29. The lowest BCUT2D eigenvalue weighted by Crippen LogP contribution is -2.36. The fraction of sp³-hybridized carbons (Fsp3) is 0.667. The molecule has 0 amide bonds. The number of aromatic nitrogens is 2. The maximum atomic E-state index is 9.50. The van der Waals surface area contributed by atoms with Gasteiger partial charge in [-0.05, 0) is 26.7 Å². The molecule has 1 aromatic heterocycles. The number of hydrogen-bond donors (Lipinski definition) is 2. The van der Waals surface area contributed by atoms with Crippen LogP contribution in [0.15, 0.2) is 6.07 Å². The van der Waals surface area contributed by atoms with Gasteiger partial charge in [-0.1, -0.05) is 0 Å². The summed E-state index contributed by atoms with van der Waals surface area (Å²) in [6.45, 7) is 6.54. The van der Waals surface area contributed by atoms with Crippen LogP contribution in [0.3, 0.4) is 0 Å². The molecule has 1 aliphatic rings. The molecule has 0 atom stereocenters. The molecule has 94 valence electrons. The Balaban J connectivity index is 2.14. The second kappa shape index (κ2) is 5.31. The fourth-order valence-electron chi connectivity index (χ4n) is 2.08. The van der Waals surface area contributed by atoms with E-state index in [1.807, 2.05) is 19.9 Å². The van der Waals surface area contributed by atoms with Crippen LogP contribution in [0.2, 0.25) is 0 Å². The zero-order valence-electron chi connectivity index (χ0n) is 10.5. The number of piperidine rings is 1. The number of aliphatic hydroxyl groups excluding tert-OH is 1. The van der Waals surface area contributed by atoms with Crippen LogP contribution in [0.5, 0.6) is 0 Å². The van der Waals surface area contributed by atoms with Gasteiger partial charge in [0, 0.05) is 25.7 Å². The van der Waals surface area contributed by atoms with Crippen molar-refractivity contribution in [3.8, 4) is 0 Å². The fourth-order valence-corrected chi connectivity index (χ4v) is 2.08. The Morgan fingerprint density at radius 1 is 1.41 bits per heavy atom. The van der Waals surface area contributed by atoms with E-state index in [9.17, 15) is 5.11 Å². The van der Waals surface area contributed by atoms with Gasteiger partial charge >= 0.3 is 0 Å². The summed E-state index contributed by atoms with van der Waals surface area (Å²) in [7, 11) is 0. The predicted molar refractivity (Wildman–Crippen MR) is 68.4 cm³/mol. The Labute approximate surface area is 102 Å². The molecule has 0 bridgehead atoms. The normalized spacial score (nSPS) is 17.2. The molecule has 0 saturated carbocycles. The summed E-state index contributed by atoms with van der Waals surface area (Å²) in [6.07, 6.45) is 1.49. The maximum Gasteiger partial charge on any atom is 0.134 e. The van der Waals surface area contributed by atoms with Crippen LogP contribution in [0.4, 0.5) is 11.6 Å². The van der Waals surface area contributed by atoms with Crippen LogP contribution in [-0.4, -0.2) is 40.8 Å². The highest BCUT2D eigenvalue weighted by atomic mass is 16.3. The molecule has 0 aliphatic carbocycles. The Kier molecular flexibility index (Phi) is 3.78. The van der Waals surface area contributed by atoms with E-state index in [0.29, 0.717) is 0 Å². The molecule has 2 N–H and O–H groups in total. The van der Waals surface area contributed by atoms with Crippen LogP contribution < -0.4 is 10.2 Å². The minimum atomic E-state index is -0.151. The van der Waals surface area contributed by atoms with Gasteiger partial charge in [0.1, 0.15) is 17.5 Å². The lowest BCUT2D eigenvalue weighted by molar-refractivity contribution is 0.145. The number of hydrogen-bond acceptors (Lipinski definition) is 5. The van der Waals surface area contributed by atoms with E-state index >= 15 is 0 Å². The number of aryl methyl sites for hydroxylation is 1. The predicted octanol–water partition coefficient (Wildman–Crippen LogP) is 1.18. The first-order valence-electron chi connectivity index (χ1n) is 6.21. The monoisotopic (exact) mass is 236 g/mol. The molecule has 17 heavy (non-hydrogen) atoms. The van der Waals surface area contributed by atoms with Crippen molar-refractivity contribution in [2.24, 2.45) is 0 Å². The first-order chi connectivity index (χ1) is 8.19. The number of nitrogens with one attached hydrogen (secondary N) is 1. The van der Waals surface area contributed by atoms with Crippen molar-refractivity contribution in [3.05, 3.63) is 11.9 Å². The Bertz CT molecular complexity index is 375. The van der Waals surface area contributed by atoms with Gasteiger partial charge < -0.3 is 15.3 Å². The van der Waals surface area contributed by atoms with Crippen LogP contribution in [0, 0.1) is 6.92 Å². The molecular formula is C12H20N4O. The van der Waals surface area contributed by atoms with Gasteiger partial charge in [-0.25, -0.2) is 9.97 Å². The van der Waals surface area contributed by atoms with Crippen molar-refractivity contribution < 1.29 is 5.11 Å². The van der Waals surface area contributed by atoms with Crippen molar-refractivity contribution in [1.29, 1.82) is 0 Å². The first-order valence-corrected chi connectivity index (χ1v) is 6.21. The summed E-state index contributed by atoms with van der Waals surface area (Å²) in [5, 5.41) is 12.7. The molecule has 0 spiro atoms. The van der Waals surface area contributed by atoms with Gasteiger partial charge in [-0.2, -0.15) is 0 Å². The third-order valence-electron chi connectivity index (χ3n) is 2.97. The Morgan fingerprint density at radius 3 is 2.76 bits per heavy atom. The largest absolute Gasteiger partial charge is 0.393 e. The summed E-state index contributed by atoms with van der Waals surface area (Å²) in [5.41, 5.74) is 0. The van der Waals surface area contributed by atoms with Crippen LogP contribution in [0.1, 0.15) is 25.6 Å². The third-order valence-corrected chi connectivity index (χ3v) is 2.97. The molecule has 1 fully saturated rings. The highest BCUT2D eigenvalue weighted by Crippen LogP contribution is 2.20. The third kappa shape index (κ3) is 3.06. The van der Waals surface area contributed by atoms with Crippen molar-refractivity contribution >= 4 is 11.6 Å². The summed E-state index contributed by atoms with van der Waals surface area (Å²) in [4.78, 5) is 11.0. The minimum absolute atomic E-state index is 0.151. The molecular weight excluding hydrogens is 216 g/mol. The zero-order valence-corrected chi connectivity index (χ0v) is 10.5. The lowest BCUT2D eigenvalue weighted by Gasteiger charge is -2.30. The van der Waals surface area contributed by atoms with E-state index in [0.717, 1.165) is 49.9 Å². The molecule has 1 saturated heterocycles. The van der Waals surface area contributed by atoms with Crippen molar-refractivity contribution in [2.75, 3.05) is 29.9 Å². The summed E-state index contributed by atoms with van der Waals surface area (Å²) < 4.78 is 0. The molecule has 5 heteroatoms.